The smallest absolute Gasteiger partial charge is 0.348 e. The summed E-state index contributed by atoms with van der Waals surface area (Å²) in [5.74, 6) is -0.257. The van der Waals surface area contributed by atoms with Crippen LogP contribution in [0.3, 0.4) is 0 Å². The summed E-state index contributed by atoms with van der Waals surface area (Å²) in [5.41, 5.74) is 11.5. The lowest BCUT2D eigenvalue weighted by atomic mass is 10.1. The molecule has 0 aliphatic rings. The number of primary amides is 2. The molecule has 0 aromatic heterocycles. The van der Waals surface area contributed by atoms with Crippen molar-refractivity contribution in [3.8, 4) is 0 Å². The van der Waals surface area contributed by atoms with Gasteiger partial charge in [-0.2, -0.15) is 0 Å². The third-order valence-corrected chi connectivity index (χ3v) is 5.08. The Balaban J connectivity index is 3.88. The number of urea groups is 2. The van der Waals surface area contributed by atoms with Crippen molar-refractivity contribution in [3.05, 3.63) is 0 Å². The summed E-state index contributed by atoms with van der Waals surface area (Å²) in [7, 11) is -3.98. The van der Waals surface area contributed by atoms with Crippen LogP contribution < -0.4 is 16.9 Å². The topological polar surface area (TPSA) is 136 Å². The van der Waals surface area contributed by atoms with Crippen molar-refractivity contribution in [2.45, 2.75) is 71.1 Å². The Hall–Kier alpha value is -1.51. The van der Waals surface area contributed by atoms with Crippen LogP contribution in [0.15, 0.2) is 0 Å². The Morgan fingerprint density at radius 2 is 1.30 bits per heavy atom. The second kappa shape index (κ2) is 12.0. The molecule has 0 heterocycles. The molecule has 0 rings (SSSR count). The lowest BCUT2D eigenvalue weighted by Crippen LogP contribution is -2.54. The molecule has 0 spiro atoms. The van der Waals surface area contributed by atoms with Crippen molar-refractivity contribution in [2.75, 3.05) is 5.75 Å². The van der Waals surface area contributed by atoms with E-state index in [2.05, 4.69) is 6.92 Å². The van der Waals surface area contributed by atoms with E-state index in [4.69, 9.17) is 11.5 Å². The summed E-state index contributed by atoms with van der Waals surface area (Å²) >= 11 is 0. The van der Waals surface area contributed by atoms with Gasteiger partial charge < -0.3 is 11.5 Å². The number of sulfonamides is 1. The SMILES string of the molecule is CCCCCCCCCCCCS(=O)(=O)N(NC(N)=O)C(N)=O. The van der Waals surface area contributed by atoms with E-state index in [0.717, 1.165) is 25.7 Å². The number of amides is 4. The van der Waals surface area contributed by atoms with Gasteiger partial charge in [0.15, 0.2) is 0 Å². The minimum Gasteiger partial charge on any atom is -0.350 e. The third-order valence-electron chi connectivity index (χ3n) is 3.45. The number of nitrogens with two attached hydrogens (primary N) is 2. The largest absolute Gasteiger partial charge is 0.350 e. The number of nitrogens with one attached hydrogen (secondary N) is 1. The molecule has 136 valence electrons. The van der Waals surface area contributed by atoms with Crippen molar-refractivity contribution in [1.29, 1.82) is 0 Å². The number of carbonyl (C=O) groups is 2. The van der Waals surface area contributed by atoms with Gasteiger partial charge in [0.05, 0.1) is 5.75 Å². The Labute approximate surface area is 139 Å². The van der Waals surface area contributed by atoms with E-state index in [1.165, 1.54) is 32.1 Å². The van der Waals surface area contributed by atoms with Gasteiger partial charge in [-0.25, -0.2) is 23.4 Å². The Kier molecular flexibility index (Phi) is 11.2. The highest BCUT2D eigenvalue weighted by molar-refractivity contribution is 7.89. The molecule has 0 fully saturated rings. The number of hydrogen-bond acceptors (Lipinski definition) is 4. The summed E-state index contributed by atoms with van der Waals surface area (Å²) < 4.78 is 23.9. The highest BCUT2D eigenvalue weighted by Crippen LogP contribution is 2.11. The Morgan fingerprint density at radius 3 is 1.70 bits per heavy atom. The number of hydrazine groups is 1. The predicted molar refractivity (Wildman–Crippen MR) is 89.8 cm³/mol. The summed E-state index contributed by atoms with van der Waals surface area (Å²) in [6.07, 6.45) is 10.6. The van der Waals surface area contributed by atoms with Gasteiger partial charge in [0.25, 0.3) is 10.0 Å². The number of unbranched alkanes of at least 4 members (excludes halogenated alkanes) is 9. The van der Waals surface area contributed by atoms with Crippen LogP contribution in [0, 0.1) is 0 Å². The minimum absolute atomic E-state index is 0.100. The summed E-state index contributed by atoms with van der Waals surface area (Å²) in [6.45, 7) is 2.19. The van der Waals surface area contributed by atoms with Crippen LogP contribution in [0.1, 0.15) is 71.1 Å². The third kappa shape index (κ3) is 10.8. The van der Waals surface area contributed by atoms with Crippen molar-refractivity contribution in [1.82, 2.24) is 9.84 Å². The quantitative estimate of drug-likeness (QED) is 0.367. The predicted octanol–water partition coefficient (Wildman–Crippen LogP) is 2.20. The molecule has 0 aliphatic heterocycles. The highest BCUT2D eigenvalue weighted by atomic mass is 32.2. The molecule has 0 saturated heterocycles. The van der Waals surface area contributed by atoms with Gasteiger partial charge in [0, 0.05) is 0 Å². The number of carbonyl (C=O) groups excluding carboxylic acids is 2. The van der Waals surface area contributed by atoms with Gasteiger partial charge in [-0.3, -0.25) is 0 Å². The first-order valence-electron chi connectivity index (χ1n) is 8.19. The molecule has 0 bridgehead atoms. The second-order valence-corrected chi connectivity index (χ2v) is 7.51. The van der Waals surface area contributed by atoms with Crippen LogP contribution in [0.25, 0.3) is 0 Å². The highest BCUT2D eigenvalue weighted by Gasteiger charge is 2.26. The fraction of sp³-hybridized carbons (Fsp3) is 0.857. The normalized spacial score (nSPS) is 11.2. The van der Waals surface area contributed by atoms with Crippen LogP contribution in [0.4, 0.5) is 9.59 Å². The minimum atomic E-state index is -3.98. The molecular formula is C14H30N4O4S. The zero-order chi connectivity index (χ0) is 17.7. The van der Waals surface area contributed by atoms with Crippen LogP contribution >= 0.6 is 0 Å². The van der Waals surface area contributed by atoms with Gasteiger partial charge in [-0.1, -0.05) is 64.7 Å². The molecule has 23 heavy (non-hydrogen) atoms. The van der Waals surface area contributed by atoms with Crippen molar-refractivity contribution in [3.63, 3.8) is 0 Å². The van der Waals surface area contributed by atoms with Gasteiger partial charge >= 0.3 is 12.1 Å². The fourth-order valence-corrected chi connectivity index (χ4v) is 3.48. The zero-order valence-corrected chi connectivity index (χ0v) is 14.7. The molecule has 0 aromatic carbocycles. The number of nitrogens with zero attached hydrogens (tertiary/aromatic N) is 1. The van der Waals surface area contributed by atoms with Crippen molar-refractivity contribution in [2.24, 2.45) is 11.5 Å². The average Bonchev–Trinajstić information content (AvgIpc) is 2.46. The van der Waals surface area contributed by atoms with Crippen LogP contribution in [-0.4, -0.2) is 30.6 Å². The van der Waals surface area contributed by atoms with E-state index in [-0.39, 0.29) is 10.2 Å². The monoisotopic (exact) mass is 350 g/mol. The van der Waals surface area contributed by atoms with Crippen LogP contribution in [0.5, 0.6) is 0 Å². The second-order valence-electron chi connectivity index (χ2n) is 5.58. The van der Waals surface area contributed by atoms with Gasteiger partial charge in [0.2, 0.25) is 0 Å². The van der Waals surface area contributed by atoms with E-state index >= 15 is 0 Å². The summed E-state index contributed by atoms with van der Waals surface area (Å²) in [4.78, 5) is 21.8. The first kappa shape index (κ1) is 21.5. The first-order valence-corrected chi connectivity index (χ1v) is 9.80. The van der Waals surface area contributed by atoms with E-state index in [1.807, 2.05) is 0 Å². The molecule has 0 atom stereocenters. The Morgan fingerprint density at radius 1 is 0.870 bits per heavy atom. The molecular weight excluding hydrogens is 320 g/mol. The lowest BCUT2D eigenvalue weighted by Gasteiger charge is -2.19. The molecule has 0 aromatic rings. The number of rotatable bonds is 12. The van der Waals surface area contributed by atoms with E-state index in [0.29, 0.717) is 6.42 Å². The average molecular weight is 350 g/mol. The molecule has 5 N–H and O–H groups in total. The zero-order valence-electron chi connectivity index (χ0n) is 13.9. The maximum absolute atomic E-state index is 11.9. The summed E-state index contributed by atoms with van der Waals surface area (Å²) in [6, 6.07) is -2.44. The molecule has 4 amide bonds. The van der Waals surface area contributed by atoms with E-state index < -0.39 is 22.1 Å². The molecule has 0 saturated carbocycles. The van der Waals surface area contributed by atoms with Crippen LogP contribution in [0.2, 0.25) is 0 Å². The summed E-state index contributed by atoms with van der Waals surface area (Å²) in [5, 5.41) is 0. The molecule has 9 heteroatoms. The molecule has 0 radical (unpaired) electrons. The maximum Gasteiger partial charge on any atom is 0.348 e. The van der Waals surface area contributed by atoms with Crippen molar-refractivity contribution < 1.29 is 18.0 Å². The number of hydrogen-bond donors (Lipinski definition) is 3. The van der Waals surface area contributed by atoms with E-state index in [9.17, 15) is 18.0 Å². The van der Waals surface area contributed by atoms with Gasteiger partial charge in [0.1, 0.15) is 0 Å². The van der Waals surface area contributed by atoms with Gasteiger partial charge in [-0.05, 0) is 6.42 Å². The molecule has 0 aliphatic carbocycles. The Bertz CT molecular complexity index is 454. The first-order chi connectivity index (χ1) is 10.8. The van der Waals surface area contributed by atoms with Crippen molar-refractivity contribution >= 4 is 22.1 Å². The van der Waals surface area contributed by atoms with Gasteiger partial charge in [-0.15, -0.1) is 4.41 Å². The lowest BCUT2D eigenvalue weighted by molar-refractivity contribution is 0.210. The standard InChI is InChI=1S/C14H30N4O4S/c1-2-3-4-5-6-7-8-9-10-11-12-23(21,22)18(14(16)20)17-13(15)19/h2-12H2,1H3,(H2,16,20)(H3,15,17,19). The molecule has 8 nitrogen and oxygen atoms in total. The van der Waals surface area contributed by atoms with E-state index in [1.54, 1.807) is 5.43 Å². The fourth-order valence-electron chi connectivity index (χ4n) is 2.22. The van der Waals surface area contributed by atoms with Crippen LogP contribution in [-0.2, 0) is 10.0 Å². The molecule has 0 unspecified atom stereocenters. The maximum atomic E-state index is 11.9.